The summed E-state index contributed by atoms with van der Waals surface area (Å²) < 4.78 is 5.67. The summed E-state index contributed by atoms with van der Waals surface area (Å²) in [5.74, 6) is 0.725. The summed E-state index contributed by atoms with van der Waals surface area (Å²) in [6.45, 7) is 5.60. The van der Waals surface area contributed by atoms with Crippen LogP contribution in [0.3, 0.4) is 0 Å². The molecule has 1 aromatic carbocycles. The van der Waals surface area contributed by atoms with Gasteiger partial charge in [-0.05, 0) is 37.6 Å². The molecule has 0 fully saturated rings. The predicted octanol–water partition coefficient (Wildman–Crippen LogP) is 2.04. The number of para-hydroxylation sites is 1. The minimum atomic E-state index is -0.391. The highest BCUT2D eigenvalue weighted by atomic mass is 16.5. The van der Waals surface area contributed by atoms with Crippen molar-refractivity contribution in [3.63, 3.8) is 0 Å². The van der Waals surface area contributed by atoms with Crippen LogP contribution < -0.4 is 15.4 Å². The standard InChI is InChI=1S/C18H21N3O2/c1-12-9-14(10-13(2)21-12)11-20-18(22)17-15-5-3-4-6-16(15)23-8-7-19-17/h3-6,9-10,17,19H,7-8,11H2,1-2H3,(H,20,22). The molecule has 0 aliphatic carbocycles. The van der Waals surface area contributed by atoms with Gasteiger partial charge in [0.15, 0.2) is 0 Å². The van der Waals surface area contributed by atoms with Crippen molar-refractivity contribution in [2.45, 2.75) is 26.4 Å². The molecule has 1 aliphatic heterocycles. The molecular formula is C18H21N3O2. The van der Waals surface area contributed by atoms with Crippen molar-refractivity contribution in [1.82, 2.24) is 15.6 Å². The zero-order chi connectivity index (χ0) is 16.2. The van der Waals surface area contributed by atoms with E-state index in [1.807, 2.05) is 50.2 Å². The molecule has 0 saturated carbocycles. The van der Waals surface area contributed by atoms with Gasteiger partial charge in [0.1, 0.15) is 18.4 Å². The zero-order valence-corrected chi connectivity index (χ0v) is 13.4. The number of amides is 1. The first-order valence-corrected chi connectivity index (χ1v) is 7.80. The number of benzene rings is 1. The highest BCUT2D eigenvalue weighted by Crippen LogP contribution is 2.27. The van der Waals surface area contributed by atoms with Gasteiger partial charge in [0.05, 0.1) is 0 Å². The first kappa shape index (κ1) is 15.5. The second-order valence-corrected chi connectivity index (χ2v) is 5.75. The molecule has 3 rings (SSSR count). The predicted molar refractivity (Wildman–Crippen MR) is 88.2 cm³/mol. The van der Waals surface area contributed by atoms with Gasteiger partial charge in [-0.15, -0.1) is 0 Å². The van der Waals surface area contributed by atoms with Gasteiger partial charge in [0.25, 0.3) is 0 Å². The quantitative estimate of drug-likeness (QED) is 0.910. The first-order chi connectivity index (χ1) is 11.1. The SMILES string of the molecule is Cc1cc(CNC(=O)C2NCCOc3ccccc32)cc(C)n1. The van der Waals surface area contributed by atoms with Gasteiger partial charge in [-0.2, -0.15) is 0 Å². The summed E-state index contributed by atoms with van der Waals surface area (Å²) >= 11 is 0. The van der Waals surface area contributed by atoms with Crippen molar-refractivity contribution >= 4 is 5.91 Å². The summed E-state index contributed by atoms with van der Waals surface area (Å²) in [7, 11) is 0. The Labute approximate surface area is 136 Å². The van der Waals surface area contributed by atoms with Crippen LogP contribution in [0.15, 0.2) is 36.4 Å². The smallest absolute Gasteiger partial charge is 0.242 e. The molecule has 2 N–H and O–H groups in total. The number of carbonyl (C=O) groups is 1. The number of aromatic nitrogens is 1. The first-order valence-electron chi connectivity index (χ1n) is 7.80. The Hall–Kier alpha value is -2.40. The van der Waals surface area contributed by atoms with Crippen molar-refractivity contribution in [3.8, 4) is 5.75 Å². The van der Waals surface area contributed by atoms with Gasteiger partial charge < -0.3 is 10.1 Å². The maximum Gasteiger partial charge on any atom is 0.242 e. The van der Waals surface area contributed by atoms with Crippen LogP contribution in [0, 0.1) is 13.8 Å². The molecule has 1 unspecified atom stereocenters. The van der Waals surface area contributed by atoms with Gasteiger partial charge in [-0.1, -0.05) is 18.2 Å². The fourth-order valence-electron chi connectivity index (χ4n) is 2.87. The number of rotatable bonds is 3. The Morgan fingerprint density at radius 2 is 2.04 bits per heavy atom. The molecule has 1 amide bonds. The fourth-order valence-corrected chi connectivity index (χ4v) is 2.87. The lowest BCUT2D eigenvalue weighted by molar-refractivity contribution is -0.123. The molecule has 2 heterocycles. The summed E-state index contributed by atoms with van der Waals surface area (Å²) in [4.78, 5) is 17.0. The van der Waals surface area contributed by atoms with E-state index < -0.39 is 6.04 Å². The second-order valence-electron chi connectivity index (χ2n) is 5.75. The third-order valence-corrected chi connectivity index (χ3v) is 3.81. The Bertz CT molecular complexity index is 695. The highest BCUT2D eigenvalue weighted by Gasteiger charge is 2.25. The molecular weight excluding hydrogens is 290 g/mol. The lowest BCUT2D eigenvalue weighted by Crippen LogP contribution is -2.37. The second kappa shape index (κ2) is 6.79. The Balaban J connectivity index is 1.73. The fraction of sp³-hybridized carbons (Fsp3) is 0.333. The van der Waals surface area contributed by atoms with Crippen LogP contribution in [0.1, 0.15) is 28.6 Å². The van der Waals surface area contributed by atoms with Crippen LogP contribution in [0.25, 0.3) is 0 Å². The molecule has 5 nitrogen and oxygen atoms in total. The lowest BCUT2D eigenvalue weighted by Gasteiger charge is -2.17. The molecule has 0 spiro atoms. The van der Waals surface area contributed by atoms with E-state index in [2.05, 4.69) is 15.6 Å². The number of hydrogen-bond acceptors (Lipinski definition) is 4. The lowest BCUT2D eigenvalue weighted by atomic mass is 10.0. The van der Waals surface area contributed by atoms with Gasteiger partial charge in [-0.3, -0.25) is 15.1 Å². The van der Waals surface area contributed by atoms with E-state index in [-0.39, 0.29) is 5.91 Å². The van der Waals surface area contributed by atoms with Crippen LogP contribution >= 0.6 is 0 Å². The number of pyridine rings is 1. The monoisotopic (exact) mass is 311 g/mol. The normalized spacial score (nSPS) is 16.9. The van der Waals surface area contributed by atoms with Gasteiger partial charge in [0.2, 0.25) is 5.91 Å². The van der Waals surface area contributed by atoms with Crippen LogP contribution in [-0.2, 0) is 11.3 Å². The average molecular weight is 311 g/mol. The average Bonchev–Trinajstić information content (AvgIpc) is 2.74. The zero-order valence-electron chi connectivity index (χ0n) is 13.4. The van der Waals surface area contributed by atoms with Crippen molar-refractivity contribution < 1.29 is 9.53 Å². The van der Waals surface area contributed by atoms with E-state index in [1.54, 1.807) is 0 Å². The summed E-state index contributed by atoms with van der Waals surface area (Å²) in [5, 5.41) is 6.25. The van der Waals surface area contributed by atoms with Crippen molar-refractivity contribution in [1.29, 1.82) is 0 Å². The number of hydrogen-bond donors (Lipinski definition) is 2. The number of nitrogens with one attached hydrogen (secondary N) is 2. The third-order valence-electron chi connectivity index (χ3n) is 3.81. The van der Waals surface area contributed by atoms with E-state index in [1.165, 1.54) is 0 Å². The molecule has 0 radical (unpaired) electrons. The van der Waals surface area contributed by atoms with E-state index >= 15 is 0 Å². The number of fused-ring (bicyclic) bond motifs is 1. The molecule has 5 heteroatoms. The van der Waals surface area contributed by atoms with Gasteiger partial charge >= 0.3 is 0 Å². The van der Waals surface area contributed by atoms with Gasteiger partial charge in [-0.25, -0.2) is 0 Å². The summed E-state index contributed by atoms with van der Waals surface area (Å²) in [6.07, 6.45) is 0. The molecule has 1 aliphatic rings. The molecule has 0 saturated heterocycles. The number of ether oxygens (including phenoxy) is 1. The number of carbonyl (C=O) groups excluding carboxylic acids is 1. The van der Waals surface area contributed by atoms with Gasteiger partial charge in [0, 0.05) is 30.0 Å². The summed E-state index contributed by atoms with van der Waals surface area (Å²) in [6, 6.07) is 11.3. The van der Waals surface area contributed by atoms with Crippen molar-refractivity contribution in [3.05, 3.63) is 58.9 Å². The Morgan fingerprint density at radius 1 is 1.30 bits per heavy atom. The minimum absolute atomic E-state index is 0.0462. The van der Waals surface area contributed by atoms with E-state index in [4.69, 9.17) is 4.74 Å². The van der Waals surface area contributed by atoms with Crippen molar-refractivity contribution in [2.75, 3.05) is 13.2 Å². The van der Waals surface area contributed by atoms with Crippen molar-refractivity contribution in [2.24, 2.45) is 0 Å². The Kier molecular flexibility index (Phi) is 4.57. The van der Waals surface area contributed by atoms with E-state index in [0.29, 0.717) is 19.7 Å². The van der Waals surface area contributed by atoms with E-state index in [9.17, 15) is 4.79 Å². The third kappa shape index (κ3) is 3.68. The molecule has 2 aromatic rings. The topological polar surface area (TPSA) is 63.2 Å². The Morgan fingerprint density at radius 3 is 2.83 bits per heavy atom. The van der Waals surface area contributed by atoms with Crippen LogP contribution in [0.4, 0.5) is 0 Å². The maximum absolute atomic E-state index is 12.6. The van der Waals surface area contributed by atoms with E-state index in [0.717, 1.165) is 28.3 Å². The molecule has 1 aromatic heterocycles. The maximum atomic E-state index is 12.6. The van der Waals surface area contributed by atoms with Crippen LogP contribution in [-0.4, -0.2) is 24.0 Å². The number of nitrogens with zero attached hydrogens (tertiary/aromatic N) is 1. The molecule has 1 atom stereocenters. The summed E-state index contributed by atoms with van der Waals surface area (Å²) in [5.41, 5.74) is 3.85. The molecule has 23 heavy (non-hydrogen) atoms. The minimum Gasteiger partial charge on any atom is -0.492 e. The largest absolute Gasteiger partial charge is 0.492 e. The van der Waals surface area contributed by atoms with Crippen LogP contribution in [0.5, 0.6) is 5.75 Å². The number of aryl methyl sites for hydroxylation is 2. The molecule has 120 valence electrons. The molecule has 0 bridgehead atoms. The highest BCUT2D eigenvalue weighted by molar-refractivity contribution is 5.84. The van der Waals surface area contributed by atoms with Crippen LogP contribution in [0.2, 0.25) is 0 Å².